The monoisotopic (exact) mass is 504 g/mol. The molecule has 0 nitrogen and oxygen atoms in total. The molecule has 0 unspecified atom stereocenters. The van der Waals surface area contributed by atoms with Crippen molar-refractivity contribution in [2.24, 2.45) is 0 Å². The van der Waals surface area contributed by atoms with Gasteiger partial charge in [-0.05, 0) is 0 Å². The maximum absolute atomic E-state index is 2.66. The summed E-state index contributed by atoms with van der Waals surface area (Å²) in [5.41, 5.74) is 6.48. The van der Waals surface area contributed by atoms with Crippen LogP contribution < -0.4 is 10.4 Å². The molecule has 0 saturated heterocycles. The predicted molar refractivity (Wildman–Crippen MR) is 136 cm³/mol. The topological polar surface area (TPSA) is 0 Å². The summed E-state index contributed by atoms with van der Waals surface area (Å²) < 4.78 is 4.52. The van der Waals surface area contributed by atoms with E-state index in [1.807, 2.05) is 6.49 Å². The van der Waals surface area contributed by atoms with Gasteiger partial charge in [0.15, 0.2) is 0 Å². The Morgan fingerprint density at radius 3 is 1.70 bits per heavy atom. The van der Waals surface area contributed by atoms with E-state index in [0.29, 0.717) is 3.63 Å². The van der Waals surface area contributed by atoms with E-state index in [9.17, 15) is 0 Å². The van der Waals surface area contributed by atoms with Gasteiger partial charge in [0.1, 0.15) is 0 Å². The third-order valence-electron chi connectivity index (χ3n) is 7.03. The quantitative estimate of drug-likeness (QED) is 0.429. The molecule has 1 saturated carbocycles. The number of hydrogen-bond acceptors (Lipinski definition) is 0. The molecule has 30 heavy (non-hydrogen) atoms. The van der Waals surface area contributed by atoms with Crippen LogP contribution in [-0.4, -0.2) is 19.4 Å². The van der Waals surface area contributed by atoms with E-state index in [1.165, 1.54) is 19.3 Å². The first-order valence-corrected chi connectivity index (χ1v) is 22.4. The Morgan fingerprint density at radius 1 is 0.767 bits per heavy atom. The summed E-state index contributed by atoms with van der Waals surface area (Å²) in [5.74, 6) is 0. The zero-order valence-corrected chi connectivity index (χ0v) is 23.9. The molecule has 3 heteroatoms. The molecule has 0 aliphatic heterocycles. The third-order valence-corrected chi connectivity index (χ3v) is 19.8. The Hall–Kier alpha value is -0.893. The van der Waals surface area contributed by atoms with Crippen LogP contribution in [0.1, 0.15) is 34.0 Å². The average Bonchev–Trinajstić information content (AvgIpc) is 3.26. The molecular formula is C27H34Si2Zr. The average molecular weight is 506 g/mol. The second kappa shape index (κ2) is 7.32. The molecule has 2 aromatic carbocycles. The zero-order chi connectivity index (χ0) is 21.3. The van der Waals surface area contributed by atoms with Crippen molar-refractivity contribution in [3.63, 3.8) is 0 Å². The number of rotatable bonds is 4. The molecule has 3 aliphatic carbocycles. The minimum absolute atomic E-state index is 0.702. The van der Waals surface area contributed by atoms with E-state index in [-0.39, 0.29) is 0 Å². The van der Waals surface area contributed by atoms with Crippen molar-refractivity contribution >= 4 is 29.7 Å². The Bertz CT molecular complexity index is 1070. The molecule has 0 atom stereocenters. The molecule has 2 aromatic rings. The van der Waals surface area contributed by atoms with E-state index in [2.05, 4.69) is 93.9 Å². The number of hydrogen-bond donors (Lipinski definition) is 0. The Morgan fingerprint density at radius 2 is 1.30 bits per heavy atom. The van der Waals surface area contributed by atoms with Gasteiger partial charge >= 0.3 is 193 Å². The summed E-state index contributed by atoms with van der Waals surface area (Å²) in [6.45, 7) is 15.0. The molecule has 0 aromatic heterocycles. The van der Waals surface area contributed by atoms with E-state index in [4.69, 9.17) is 0 Å². The molecule has 0 N–H and O–H groups in total. The first-order valence-electron chi connectivity index (χ1n) is 11.5. The molecule has 5 rings (SSSR count). The van der Waals surface area contributed by atoms with Gasteiger partial charge in [-0.3, -0.25) is 0 Å². The minimum atomic E-state index is -1.91. The summed E-state index contributed by atoms with van der Waals surface area (Å²) in [5, 5.41) is 3.26. The molecule has 0 spiro atoms. The fraction of sp³-hybridized carbons (Fsp3) is 0.370. The van der Waals surface area contributed by atoms with Gasteiger partial charge in [0.2, 0.25) is 0 Å². The van der Waals surface area contributed by atoms with Crippen molar-refractivity contribution in [1.82, 2.24) is 0 Å². The number of fused-ring (bicyclic) bond motifs is 3. The Balaban J connectivity index is 1.76. The van der Waals surface area contributed by atoms with Crippen LogP contribution in [0.3, 0.4) is 0 Å². The van der Waals surface area contributed by atoms with Crippen LogP contribution in [-0.2, 0) is 21.3 Å². The molecule has 0 radical (unpaired) electrons. The van der Waals surface area contributed by atoms with Gasteiger partial charge < -0.3 is 0 Å². The van der Waals surface area contributed by atoms with Gasteiger partial charge in [0.05, 0.1) is 0 Å². The van der Waals surface area contributed by atoms with Gasteiger partial charge in [-0.15, -0.1) is 0 Å². The van der Waals surface area contributed by atoms with Crippen molar-refractivity contribution in [2.45, 2.75) is 62.2 Å². The molecule has 3 aliphatic rings. The standard InChI is InChI=1S/C19H25Si2.C5H5.C3H4.Zr/c1-20(2,3)16-7-9-18-14(12-16)11-15-13-17(21(4,5)6)8-10-19(15)18;1-2-4-5-3-1;1-2-3-1;/h7-13H,1-6H3;1-3H,4H2;1-2H2;. The van der Waals surface area contributed by atoms with Crippen molar-refractivity contribution in [1.29, 1.82) is 0 Å². The van der Waals surface area contributed by atoms with E-state index < -0.39 is 37.4 Å². The molecule has 1 fully saturated rings. The molecule has 0 heterocycles. The van der Waals surface area contributed by atoms with Gasteiger partial charge in [-0.2, -0.15) is 0 Å². The fourth-order valence-corrected chi connectivity index (χ4v) is 16.3. The SMILES string of the molecule is C[Si](C)(C)c1ccc2c(c1)[CH]([Zr]([C]1=CC=CC1)=[C]1CC1)c1cc([Si](C)(C)C)ccc1-2. The number of allylic oxidation sites excluding steroid dienone is 4. The van der Waals surface area contributed by atoms with E-state index in [1.54, 1.807) is 32.6 Å². The second-order valence-corrected chi connectivity index (χ2v) is 28.3. The van der Waals surface area contributed by atoms with Crippen LogP contribution in [0.2, 0.25) is 39.3 Å². The van der Waals surface area contributed by atoms with Crippen molar-refractivity contribution in [3.8, 4) is 11.1 Å². The van der Waals surface area contributed by atoms with E-state index >= 15 is 0 Å². The summed E-state index contributed by atoms with van der Waals surface area (Å²) in [6, 6.07) is 15.2. The van der Waals surface area contributed by atoms with Crippen LogP contribution in [0, 0.1) is 0 Å². The van der Waals surface area contributed by atoms with Crippen LogP contribution in [0.15, 0.2) is 57.9 Å². The normalized spacial score (nSPS) is 17.8. The molecule has 0 amide bonds. The van der Waals surface area contributed by atoms with Crippen molar-refractivity contribution in [2.75, 3.05) is 0 Å². The molecular weight excluding hydrogens is 472 g/mol. The number of benzene rings is 2. The van der Waals surface area contributed by atoms with Gasteiger partial charge in [-0.25, -0.2) is 0 Å². The van der Waals surface area contributed by atoms with Gasteiger partial charge in [0.25, 0.3) is 0 Å². The summed E-state index contributed by atoms with van der Waals surface area (Å²) in [7, 11) is -2.67. The van der Waals surface area contributed by atoms with Crippen LogP contribution >= 0.6 is 0 Å². The van der Waals surface area contributed by atoms with Crippen molar-refractivity contribution in [3.05, 3.63) is 69.0 Å². The second-order valence-electron chi connectivity index (χ2n) is 11.4. The maximum atomic E-state index is 2.66. The van der Waals surface area contributed by atoms with Crippen LogP contribution in [0.4, 0.5) is 0 Å². The van der Waals surface area contributed by atoms with Crippen LogP contribution in [0.5, 0.6) is 0 Å². The van der Waals surface area contributed by atoms with Crippen molar-refractivity contribution < 1.29 is 21.3 Å². The summed E-state index contributed by atoms with van der Waals surface area (Å²) >= 11 is -1.91. The predicted octanol–water partition coefficient (Wildman–Crippen LogP) is 6.28. The third kappa shape index (κ3) is 3.65. The Kier molecular flexibility index (Phi) is 5.12. The van der Waals surface area contributed by atoms with Gasteiger partial charge in [0, 0.05) is 0 Å². The summed E-state index contributed by atoms with van der Waals surface area (Å²) in [6.07, 6.45) is 11.3. The molecule has 154 valence electrons. The first-order chi connectivity index (χ1) is 14.1. The molecule has 0 bridgehead atoms. The summed E-state index contributed by atoms with van der Waals surface area (Å²) in [4.78, 5) is 0. The first kappa shape index (κ1) is 21.0. The zero-order valence-electron chi connectivity index (χ0n) is 19.4. The van der Waals surface area contributed by atoms with Gasteiger partial charge in [-0.1, -0.05) is 0 Å². The Labute approximate surface area is 192 Å². The van der Waals surface area contributed by atoms with E-state index in [0.717, 1.165) is 0 Å². The fourth-order valence-electron chi connectivity index (χ4n) is 5.10. The van der Waals surface area contributed by atoms with Crippen LogP contribution in [0.25, 0.3) is 11.1 Å².